The molecule has 0 heterocycles. The fraction of sp³-hybridized carbons (Fsp3) is 0.333. The van der Waals surface area contributed by atoms with Crippen molar-refractivity contribution in [3.05, 3.63) is 65.7 Å². The molecule has 3 N–H and O–H groups in total. The Morgan fingerprint density at radius 3 is 2.41 bits per heavy atom. The minimum absolute atomic E-state index is 0.149. The van der Waals surface area contributed by atoms with E-state index in [9.17, 15) is 13.6 Å². The second-order valence-electron chi connectivity index (χ2n) is 6.24. The Kier molecular flexibility index (Phi) is 9.99. The van der Waals surface area contributed by atoms with E-state index in [1.165, 1.54) is 24.3 Å². The van der Waals surface area contributed by atoms with Crippen LogP contribution in [0.3, 0.4) is 0 Å². The number of aliphatic imine (C=N–C) groups is 1. The molecule has 1 amide bonds. The molecule has 0 aliphatic rings. The zero-order valence-corrected chi connectivity index (χ0v) is 17.2. The van der Waals surface area contributed by atoms with Crippen LogP contribution in [0.1, 0.15) is 12.0 Å². The minimum Gasteiger partial charge on any atom is -0.356 e. The standard InChI is InChI=1S/C21H26F2N4OS/c1-24-21(26-10-3-13-29-19-8-6-17(22)7-9-19)27-12-11-25-20(28)15-16-4-2-5-18(23)14-16/h2,4-9,14H,3,10-13,15H2,1H3,(H,25,28)(H2,24,26,27). The van der Waals surface area contributed by atoms with Gasteiger partial charge in [-0.15, -0.1) is 11.8 Å². The summed E-state index contributed by atoms with van der Waals surface area (Å²) in [5, 5.41) is 9.13. The van der Waals surface area contributed by atoms with Crippen molar-refractivity contribution in [3.8, 4) is 0 Å². The maximum Gasteiger partial charge on any atom is 0.224 e. The first-order chi connectivity index (χ1) is 14.1. The average Bonchev–Trinajstić information content (AvgIpc) is 2.70. The summed E-state index contributed by atoms with van der Waals surface area (Å²) < 4.78 is 26.0. The van der Waals surface area contributed by atoms with Crippen molar-refractivity contribution in [1.82, 2.24) is 16.0 Å². The molecule has 0 fully saturated rings. The summed E-state index contributed by atoms with van der Waals surface area (Å²) in [5.74, 6) is 0.847. The summed E-state index contributed by atoms with van der Waals surface area (Å²) in [6.45, 7) is 1.72. The number of amides is 1. The van der Waals surface area contributed by atoms with E-state index in [4.69, 9.17) is 0 Å². The van der Waals surface area contributed by atoms with Crippen LogP contribution in [0.4, 0.5) is 8.78 Å². The fourth-order valence-corrected chi connectivity index (χ4v) is 3.35. The van der Waals surface area contributed by atoms with Gasteiger partial charge in [0.2, 0.25) is 5.91 Å². The number of nitrogens with one attached hydrogen (secondary N) is 3. The Labute approximate surface area is 174 Å². The minimum atomic E-state index is -0.345. The van der Waals surface area contributed by atoms with E-state index >= 15 is 0 Å². The van der Waals surface area contributed by atoms with E-state index in [1.54, 1.807) is 43.1 Å². The molecule has 0 aliphatic carbocycles. The Morgan fingerprint density at radius 1 is 0.966 bits per heavy atom. The maximum atomic E-state index is 13.1. The lowest BCUT2D eigenvalue weighted by atomic mass is 10.1. The van der Waals surface area contributed by atoms with Crippen molar-refractivity contribution >= 4 is 23.6 Å². The van der Waals surface area contributed by atoms with Gasteiger partial charge in [0.05, 0.1) is 6.42 Å². The van der Waals surface area contributed by atoms with Crippen molar-refractivity contribution in [1.29, 1.82) is 0 Å². The van der Waals surface area contributed by atoms with Crippen molar-refractivity contribution in [2.45, 2.75) is 17.7 Å². The van der Waals surface area contributed by atoms with E-state index in [0.29, 0.717) is 24.6 Å². The van der Waals surface area contributed by atoms with Crippen LogP contribution < -0.4 is 16.0 Å². The van der Waals surface area contributed by atoms with Crippen LogP contribution in [0.15, 0.2) is 58.4 Å². The van der Waals surface area contributed by atoms with Crippen LogP contribution in [0.2, 0.25) is 0 Å². The zero-order chi connectivity index (χ0) is 20.9. The molecule has 0 saturated carbocycles. The van der Waals surface area contributed by atoms with Crippen LogP contribution in [-0.2, 0) is 11.2 Å². The molecule has 2 rings (SSSR count). The number of carbonyl (C=O) groups excluding carboxylic acids is 1. The molecule has 0 aromatic heterocycles. The van der Waals surface area contributed by atoms with Gasteiger partial charge in [0, 0.05) is 31.6 Å². The van der Waals surface area contributed by atoms with Crippen LogP contribution in [0.25, 0.3) is 0 Å². The van der Waals surface area contributed by atoms with E-state index in [1.807, 2.05) is 0 Å². The summed E-state index contributed by atoms with van der Waals surface area (Å²) >= 11 is 1.68. The Balaban J connectivity index is 1.54. The number of thioether (sulfide) groups is 1. The van der Waals surface area contributed by atoms with Crippen molar-refractivity contribution < 1.29 is 13.6 Å². The highest BCUT2D eigenvalue weighted by molar-refractivity contribution is 7.99. The monoisotopic (exact) mass is 420 g/mol. The van der Waals surface area contributed by atoms with Crippen LogP contribution in [0.5, 0.6) is 0 Å². The Bertz CT molecular complexity index is 800. The molecule has 5 nitrogen and oxygen atoms in total. The number of benzene rings is 2. The highest BCUT2D eigenvalue weighted by atomic mass is 32.2. The summed E-state index contributed by atoms with van der Waals surface area (Å²) in [6, 6.07) is 12.5. The highest BCUT2D eigenvalue weighted by Crippen LogP contribution is 2.18. The summed E-state index contributed by atoms with van der Waals surface area (Å²) in [5.41, 5.74) is 0.645. The van der Waals surface area contributed by atoms with E-state index in [0.717, 1.165) is 23.6 Å². The SMILES string of the molecule is CN=C(NCCCSc1ccc(F)cc1)NCCNC(=O)Cc1cccc(F)c1. The van der Waals surface area contributed by atoms with E-state index in [-0.39, 0.29) is 24.0 Å². The first-order valence-corrected chi connectivity index (χ1v) is 10.4. The number of halogens is 2. The molecule has 0 bridgehead atoms. The number of hydrogen-bond donors (Lipinski definition) is 3. The molecule has 2 aromatic rings. The number of carbonyl (C=O) groups is 1. The van der Waals surface area contributed by atoms with Gasteiger partial charge in [-0.3, -0.25) is 9.79 Å². The molecule has 0 atom stereocenters. The third kappa shape index (κ3) is 9.43. The largest absolute Gasteiger partial charge is 0.356 e. The fourth-order valence-electron chi connectivity index (χ4n) is 2.50. The third-order valence-electron chi connectivity index (χ3n) is 3.91. The van der Waals surface area contributed by atoms with Crippen molar-refractivity contribution in [3.63, 3.8) is 0 Å². The van der Waals surface area contributed by atoms with E-state index in [2.05, 4.69) is 20.9 Å². The molecule has 8 heteroatoms. The average molecular weight is 421 g/mol. The Hall–Kier alpha value is -2.61. The third-order valence-corrected chi connectivity index (χ3v) is 5.01. The lowest BCUT2D eigenvalue weighted by Gasteiger charge is -2.12. The predicted octanol–water partition coefficient (Wildman–Crippen LogP) is 2.97. The number of nitrogens with zero attached hydrogens (tertiary/aromatic N) is 1. The van der Waals surface area contributed by atoms with Gasteiger partial charge in [-0.1, -0.05) is 12.1 Å². The van der Waals surface area contributed by atoms with Crippen LogP contribution in [0, 0.1) is 11.6 Å². The second kappa shape index (κ2) is 12.8. The molecule has 0 radical (unpaired) electrons. The summed E-state index contributed by atoms with van der Waals surface area (Å²) in [4.78, 5) is 17.1. The Morgan fingerprint density at radius 2 is 1.69 bits per heavy atom. The molecular formula is C21H26F2N4OS. The van der Waals surface area contributed by atoms with Gasteiger partial charge in [0.15, 0.2) is 5.96 Å². The lowest BCUT2D eigenvalue weighted by molar-refractivity contribution is -0.120. The quantitative estimate of drug-likeness (QED) is 0.239. The van der Waals surface area contributed by atoms with Crippen LogP contribution in [-0.4, -0.2) is 44.3 Å². The first-order valence-electron chi connectivity index (χ1n) is 9.41. The molecule has 0 aliphatic heterocycles. The van der Waals surface area contributed by atoms with Gasteiger partial charge in [0.1, 0.15) is 11.6 Å². The summed E-state index contributed by atoms with van der Waals surface area (Å²) in [7, 11) is 1.69. The molecule has 29 heavy (non-hydrogen) atoms. The second-order valence-corrected chi connectivity index (χ2v) is 7.41. The molecule has 0 unspecified atom stereocenters. The summed E-state index contributed by atoms with van der Waals surface area (Å²) in [6.07, 6.45) is 1.07. The first kappa shape index (κ1) is 22.7. The molecule has 0 spiro atoms. The smallest absolute Gasteiger partial charge is 0.224 e. The molecule has 156 valence electrons. The topological polar surface area (TPSA) is 65.5 Å². The zero-order valence-electron chi connectivity index (χ0n) is 16.4. The van der Waals surface area contributed by atoms with Gasteiger partial charge in [-0.2, -0.15) is 0 Å². The predicted molar refractivity (Wildman–Crippen MR) is 114 cm³/mol. The maximum absolute atomic E-state index is 13.1. The highest BCUT2D eigenvalue weighted by Gasteiger charge is 2.04. The number of hydrogen-bond acceptors (Lipinski definition) is 3. The van der Waals surface area contributed by atoms with Crippen molar-refractivity contribution in [2.75, 3.05) is 32.4 Å². The van der Waals surface area contributed by atoms with Gasteiger partial charge in [-0.05, 0) is 54.1 Å². The number of rotatable bonds is 10. The van der Waals surface area contributed by atoms with Gasteiger partial charge in [0.25, 0.3) is 0 Å². The van der Waals surface area contributed by atoms with Gasteiger partial charge < -0.3 is 16.0 Å². The van der Waals surface area contributed by atoms with Crippen LogP contribution >= 0.6 is 11.8 Å². The molecular weight excluding hydrogens is 394 g/mol. The van der Waals surface area contributed by atoms with Gasteiger partial charge in [-0.25, -0.2) is 8.78 Å². The molecule has 0 saturated heterocycles. The lowest BCUT2D eigenvalue weighted by Crippen LogP contribution is -2.42. The molecule has 2 aromatic carbocycles. The van der Waals surface area contributed by atoms with Crippen molar-refractivity contribution in [2.24, 2.45) is 4.99 Å². The van der Waals surface area contributed by atoms with Gasteiger partial charge >= 0.3 is 0 Å². The number of guanidine groups is 1. The normalized spacial score (nSPS) is 11.2. The van der Waals surface area contributed by atoms with E-state index < -0.39 is 0 Å².